The molecule has 10 atom stereocenters. The Labute approximate surface area is 496 Å². The highest BCUT2D eigenvalue weighted by molar-refractivity contribution is 7.80. The molecule has 9 amide bonds. The minimum Gasteiger partial charge on any atom is -0.508 e. The number of aliphatic carboxylic acids is 1. The maximum Gasteiger partial charge on any atom is 0.326 e. The Morgan fingerprint density at radius 3 is 1.42 bits per heavy atom. The number of thiol groups is 1. The molecule has 0 fully saturated rings. The van der Waals surface area contributed by atoms with Crippen molar-refractivity contribution in [1.82, 2.24) is 52.8 Å². The molecular weight excluding hydrogens is 1100 g/mol. The van der Waals surface area contributed by atoms with Crippen LogP contribution in [0, 0.1) is 23.7 Å². The van der Waals surface area contributed by atoms with Crippen molar-refractivity contribution in [2.75, 3.05) is 5.75 Å². The zero-order valence-corrected chi connectivity index (χ0v) is 50.3. The fraction of sp³-hybridized carbons (Fsp3) is 0.500. The van der Waals surface area contributed by atoms with Gasteiger partial charge < -0.3 is 68.8 Å². The Bertz CT molecular complexity index is 2900. The van der Waals surface area contributed by atoms with Gasteiger partial charge in [0.25, 0.3) is 0 Å². The number of hydrogen-bond donors (Lipinski definition) is 14. The van der Waals surface area contributed by atoms with E-state index in [1.807, 2.05) is 52.0 Å². The molecule has 0 unspecified atom stereocenters. The van der Waals surface area contributed by atoms with E-state index in [2.05, 4.69) is 65.5 Å². The van der Waals surface area contributed by atoms with Gasteiger partial charge in [0, 0.05) is 42.1 Å². The van der Waals surface area contributed by atoms with E-state index in [0.717, 1.165) is 10.9 Å². The first-order valence-electron chi connectivity index (χ1n) is 28.3. The van der Waals surface area contributed by atoms with E-state index in [-0.39, 0.29) is 61.4 Å². The van der Waals surface area contributed by atoms with E-state index in [1.165, 1.54) is 26.0 Å². The molecule has 24 heteroatoms. The number of amides is 9. The average Bonchev–Trinajstić information content (AvgIpc) is 4.09. The summed E-state index contributed by atoms with van der Waals surface area (Å²) in [7, 11) is 0. The predicted molar refractivity (Wildman–Crippen MR) is 321 cm³/mol. The van der Waals surface area contributed by atoms with Gasteiger partial charge in [-0.2, -0.15) is 12.6 Å². The smallest absolute Gasteiger partial charge is 0.326 e. The number of aromatic amines is 1. The molecule has 0 aliphatic rings. The standard InChI is InChI=1S/C60H85N11O12S/c1-31(2)24-43(54(76)69-47(60(82)83)25-32(3)4)67-55(77)46(28-39-29-62-42-19-15-14-18-41(39)42)66-52(74)35(9)63-53(75)44(26-37-16-12-11-13-17-37)65-51(73)36(10)64-57(79)48(30-84)70-59(81)50(34(7)8)71-56(78)45(68-58(80)49(61)33(5)6)27-38-20-22-40(72)23-21-38/h11-23,29,31-36,43-50,62,72,84H,24-28,30,61H2,1-10H3,(H,63,75)(H,64,79)(H,65,73)(H,66,74)(H,67,77)(H,68,80)(H,69,76)(H,70,81)(H,71,78)(H,82,83)/t35-,36-,43-,44-,45-,46-,47-,48-,49-,50-/m0/s1. The minimum absolute atomic E-state index is 0.00497. The molecule has 0 aliphatic carbocycles. The van der Waals surface area contributed by atoms with Crippen LogP contribution in [0.4, 0.5) is 0 Å². The number of nitrogens with one attached hydrogen (secondary N) is 10. The van der Waals surface area contributed by atoms with Gasteiger partial charge in [-0.1, -0.05) is 116 Å². The quantitative estimate of drug-likeness (QED) is 0.0312. The van der Waals surface area contributed by atoms with Crippen LogP contribution < -0.4 is 53.6 Å². The predicted octanol–water partition coefficient (Wildman–Crippen LogP) is 2.05. The molecule has 23 nitrogen and oxygen atoms in total. The van der Waals surface area contributed by atoms with Crippen molar-refractivity contribution >= 4 is 82.7 Å². The summed E-state index contributed by atoms with van der Waals surface area (Å²) >= 11 is 4.29. The number of para-hydroxylation sites is 1. The molecular formula is C60H85N11O12S. The highest BCUT2D eigenvalue weighted by Crippen LogP contribution is 2.20. The van der Waals surface area contributed by atoms with Crippen LogP contribution in [-0.4, -0.2) is 141 Å². The van der Waals surface area contributed by atoms with Crippen molar-refractivity contribution in [3.05, 3.63) is 102 Å². The lowest BCUT2D eigenvalue weighted by atomic mass is 9.99. The van der Waals surface area contributed by atoms with Gasteiger partial charge in [-0.25, -0.2) is 4.79 Å². The molecule has 0 radical (unpaired) electrons. The molecule has 0 spiro atoms. The molecule has 4 rings (SSSR count). The van der Waals surface area contributed by atoms with Crippen LogP contribution in [0.15, 0.2) is 85.1 Å². The number of phenols is 1. The topological polar surface area (TPSA) is 361 Å². The number of H-pyrrole nitrogens is 1. The Morgan fingerprint density at radius 2 is 0.893 bits per heavy atom. The number of rotatable bonds is 32. The van der Waals surface area contributed by atoms with Crippen LogP contribution in [-0.2, 0) is 67.2 Å². The fourth-order valence-electron chi connectivity index (χ4n) is 8.97. The summed E-state index contributed by atoms with van der Waals surface area (Å²) in [6.07, 6.45) is 1.83. The van der Waals surface area contributed by atoms with E-state index in [1.54, 1.807) is 76.4 Å². The molecule has 0 saturated heterocycles. The van der Waals surface area contributed by atoms with Gasteiger partial charge in [0.15, 0.2) is 0 Å². The Morgan fingerprint density at radius 1 is 0.464 bits per heavy atom. The summed E-state index contributed by atoms with van der Waals surface area (Å²) < 4.78 is 0. The van der Waals surface area contributed by atoms with Crippen LogP contribution >= 0.6 is 12.6 Å². The molecule has 84 heavy (non-hydrogen) atoms. The number of aromatic nitrogens is 1. The molecule has 0 saturated carbocycles. The highest BCUT2D eigenvalue weighted by Gasteiger charge is 2.36. The number of aromatic hydroxyl groups is 1. The first kappa shape index (κ1) is 68.5. The van der Waals surface area contributed by atoms with Gasteiger partial charge in [0.05, 0.1) is 6.04 Å². The van der Waals surface area contributed by atoms with Crippen molar-refractivity contribution in [2.24, 2.45) is 29.4 Å². The van der Waals surface area contributed by atoms with Crippen molar-refractivity contribution < 1.29 is 58.2 Å². The molecule has 1 heterocycles. The van der Waals surface area contributed by atoms with Crippen molar-refractivity contribution in [3.8, 4) is 5.75 Å². The first-order chi connectivity index (χ1) is 39.6. The Balaban J connectivity index is 1.49. The van der Waals surface area contributed by atoms with Gasteiger partial charge in [0.2, 0.25) is 53.2 Å². The highest BCUT2D eigenvalue weighted by atomic mass is 32.1. The minimum atomic E-state index is -1.34. The molecule has 14 N–H and O–H groups in total. The van der Waals surface area contributed by atoms with E-state index < -0.39 is 125 Å². The van der Waals surface area contributed by atoms with Crippen LogP contribution in [0.1, 0.15) is 98.8 Å². The van der Waals surface area contributed by atoms with Crippen LogP contribution in [0.2, 0.25) is 0 Å². The lowest BCUT2D eigenvalue weighted by Gasteiger charge is -2.28. The number of benzene rings is 3. The maximum absolute atomic E-state index is 14.3. The number of carboxylic acids is 1. The molecule has 458 valence electrons. The van der Waals surface area contributed by atoms with Crippen molar-refractivity contribution in [3.63, 3.8) is 0 Å². The van der Waals surface area contributed by atoms with E-state index in [9.17, 15) is 58.2 Å². The fourth-order valence-corrected chi connectivity index (χ4v) is 9.23. The van der Waals surface area contributed by atoms with Gasteiger partial charge in [0.1, 0.15) is 60.1 Å². The summed E-state index contributed by atoms with van der Waals surface area (Å²) in [4.78, 5) is 140. The third-order valence-electron chi connectivity index (χ3n) is 13.9. The normalized spacial score (nSPS) is 15.0. The Hall–Kier alpha value is -7.99. The number of carbonyl (C=O) groups excluding carboxylic acids is 9. The molecule has 1 aromatic heterocycles. The average molecular weight is 1180 g/mol. The summed E-state index contributed by atoms with van der Waals surface area (Å²) in [5.74, 6) is -9.27. The summed E-state index contributed by atoms with van der Waals surface area (Å²) in [6, 6.07) is 9.60. The first-order valence-corrected chi connectivity index (χ1v) is 28.9. The second kappa shape index (κ2) is 32.7. The Kier molecular flexibility index (Phi) is 26.7. The van der Waals surface area contributed by atoms with Gasteiger partial charge in [-0.05, 0) is 85.3 Å². The number of fused-ring (bicyclic) bond motifs is 1. The van der Waals surface area contributed by atoms with Gasteiger partial charge >= 0.3 is 5.97 Å². The summed E-state index contributed by atoms with van der Waals surface area (Å²) in [5.41, 5.74) is 8.71. The third-order valence-corrected chi connectivity index (χ3v) is 14.3. The largest absolute Gasteiger partial charge is 0.508 e. The zero-order chi connectivity index (χ0) is 62.5. The molecule has 0 bridgehead atoms. The second-order valence-corrected chi connectivity index (χ2v) is 23.1. The summed E-state index contributed by atoms with van der Waals surface area (Å²) in [6.45, 7) is 16.9. The molecule has 4 aromatic rings. The monoisotopic (exact) mass is 1180 g/mol. The van der Waals surface area contributed by atoms with E-state index in [4.69, 9.17) is 5.73 Å². The molecule has 0 aliphatic heterocycles. The van der Waals surface area contributed by atoms with Crippen LogP contribution in [0.25, 0.3) is 10.9 Å². The van der Waals surface area contributed by atoms with Gasteiger partial charge in [-0.15, -0.1) is 0 Å². The summed E-state index contributed by atoms with van der Waals surface area (Å²) in [5, 5.41) is 44.3. The number of nitrogens with two attached hydrogens (primary N) is 1. The number of carbonyl (C=O) groups is 10. The second-order valence-electron chi connectivity index (χ2n) is 22.7. The lowest BCUT2D eigenvalue weighted by Crippen LogP contribution is -2.61. The number of carboxylic acid groups (broad SMARTS) is 1. The SMILES string of the molecule is CC(C)C[C@H](NC(=O)[C@H](CC(C)C)NC(=O)[C@H](Cc1c[nH]c2ccccc12)NC(=O)[C@H](C)NC(=O)[C@H](Cc1ccccc1)NC(=O)[C@H](C)NC(=O)[C@H](CS)NC(=O)[C@@H](NC(=O)[C@H](Cc1ccc(O)cc1)NC(=O)[C@@H](N)C(C)C)C(C)C)C(=O)O. The number of hydrogen-bond acceptors (Lipinski definition) is 13. The third kappa shape index (κ3) is 21.3. The van der Waals surface area contributed by atoms with E-state index in [0.29, 0.717) is 16.7 Å². The van der Waals surface area contributed by atoms with Crippen molar-refractivity contribution in [2.45, 2.75) is 162 Å². The van der Waals surface area contributed by atoms with Crippen LogP contribution in [0.3, 0.4) is 0 Å². The van der Waals surface area contributed by atoms with Gasteiger partial charge in [-0.3, -0.25) is 43.2 Å². The van der Waals surface area contributed by atoms with Crippen LogP contribution in [0.5, 0.6) is 5.75 Å². The molecule has 3 aromatic carbocycles. The lowest BCUT2D eigenvalue weighted by molar-refractivity contribution is -0.143. The maximum atomic E-state index is 14.3. The van der Waals surface area contributed by atoms with E-state index >= 15 is 0 Å². The van der Waals surface area contributed by atoms with Crippen molar-refractivity contribution in [1.29, 1.82) is 0 Å². The zero-order valence-electron chi connectivity index (χ0n) is 49.4. The number of phenolic OH excluding ortho intramolecular Hbond substituents is 1.